The average molecular weight is 451 g/mol. The Labute approximate surface area is 178 Å². The first kappa shape index (κ1) is 21.9. The second kappa shape index (κ2) is 9.83. The summed E-state index contributed by atoms with van der Waals surface area (Å²) in [4.78, 5) is 36.4. The van der Waals surface area contributed by atoms with Crippen molar-refractivity contribution < 1.29 is 22.8 Å². The molecule has 1 aromatic heterocycles. The summed E-state index contributed by atoms with van der Waals surface area (Å²) in [6.45, 7) is 1.14. The lowest BCUT2D eigenvalue weighted by Crippen LogP contribution is -2.42. The fourth-order valence-electron chi connectivity index (χ4n) is 2.90. The third-order valence-electron chi connectivity index (χ3n) is 4.52. The predicted molar refractivity (Wildman–Crippen MR) is 111 cm³/mol. The molecule has 160 valence electrons. The summed E-state index contributed by atoms with van der Waals surface area (Å²) >= 11 is 1.30. The van der Waals surface area contributed by atoms with E-state index in [1.54, 1.807) is 17.5 Å². The second-order valence-corrected chi connectivity index (χ2v) is 9.51. The van der Waals surface area contributed by atoms with Gasteiger partial charge in [-0.05, 0) is 48.6 Å². The van der Waals surface area contributed by atoms with Crippen LogP contribution < -0.4 is 16.2 Å². The van der Waals surface area contributed by atoms with Crippen molar-refractivity contribution in [3.63, 3.8) is 0 Å². The van der Waals surface area contributed by atoms with E-state index in [-0.39, 0.29) is 29.3 Å². The van der Waals surface area contributed by atoms with Crippen molar-refractivity contribution in [3.05, 3.63) is 52.2 Å². The molecule has 1 aliphatic rings. The molecule has 0 unspecified atom stereocenters. The first-order valence-electron chi connectivity index (χ1n) is 9.39. The molecule has 1 aliphatic heterocycles. The lowest BCUT2D eigenvalue weighted by atomic mass is 10.2. The number of hydrogen-bond donors (Lipinski definition) is 3. The molecule has 0 aliphatic carbocycles. The van der Waals surface area contributed by atoms with E-state index in [1.807, 2.05) is 0 Å². The number of hydrogen-bond acceptors (Lipinski definition) is 6. The van der Waals surface area contributed by atoms with Crippen molar-refractivity contribution in [1.29, 1.82) is 0 Å². The highest BCUT2D eigenvalue weighted by Crippen LogP contribution is 2.21. The maximum absolute atomic E-state index is 12.5. The molecule has 1 fully saturated rings. The minimum atomic E-state index is -3.54. The Morgan fingerprint density at radius 2 is 1.67 bits per heavy atom. The summed E-state index contributed by atoms with van der Waals surface area (Å²) in [6.07, 6.45) is 1.68. The molecule has 9 nitrogen and oxygen atoms in total. The number of sulfonamides is 1. The number of thiophene rings is 1. The molecular weight excluding hydrogens is 428 g/mol. The topological polar surface area (TPSA) is 125 Å². The van der Waals surface area contributed by atoms with Gasteiger partial charge < -0.3 is 5.32 Å². The van der Waals surface area contributed by atoms with Crippen molar-refractivity contribution in [3.8, 4) is 0 Å². The number of nitrogens with one attached hydrogen (secondary N) is 3. The third kappa shape index (κ3) is 5.43. The first-order chi connectivity index (χ1) is 14.4. The van der Waals surface area contributed by atoms with Crippen LogP contribution in [0.4, 0.5) is 0 Å². The Hall–Kier alpha value is -2.76. The van der Waals surface area contributed by atoms with Crippen molar-refractivity contribution >= 4 is 39.1 Å². The van der Waals surface area contributed by atoms with Crippen molar-refractivity contribution in [1.82, 2.24) is 20.5 Å². The highest BCUT2D eigenvalue weighted by atomic mass is 32.2. The SMILES string of the molecule is O=C(CCNC(=O)c1cccs1)NNC(=O)c1ccc(S(=O)(=O)N2CCCC2)cc1. The molecule has 0 radical (unpaired) electrons. The van der Waals surface area contributed by atoms with Crippen LogP contribution in [-0.4, -0.2) is 50.1 Å². The van der Waals surface area contributed by atoms with Gasteiger partial charge in [-0.15, -0.1) is 11.3 Å². The van der Waals surface area contributed by atoms with Gasteiger partial charge in [0.05, 0.1) is 9.77 Å². The monoisotopic (exact) mass is 450 g/mol. The summed E-state index contributed by atoms with van der Waals surface area (Å²) in [5.74, 6) is -1.30. The highest BCUT2D eigenvalue weighted by Gasteiger charge is 2.27. The number of rotatable bonds is 7. The molecule has 1 aromatic carbocycles. The summed E-state index contributed by atoms with van der Waals surface area (Å²) in [5.41, 5.74) is 4.74. The molecule has 3 rings (SSSR count). The third-order valence-corrected chi connectivity index (χ3v) is 7.30. The number of hydrazine groups is 1. The van der Waals surface area contributed by atoms with Gasteiger partial charge in [0.1, 0.15) is 0 Å². The zero-order valence-corrected chi connectivity index (χ0v) is 17.7. The standard InChI is InChI=1S/C19H22N4O5S2/c24-17(9-10-20-19(26)16-4-3-13-29-16)21-22-18(25)14-5-7-15(8-6-14)30(27,28)23-11-1-2-12-23/h3-8,13H,1-2,9-12H2,(H,20,26)(H,21,24)(H,22,25). The second-order valence-electron chi connectivity index (χ2n) is 6.62. The summed E-state index contributed by atoms with van der Waals surface area (Å²) in [7, 11) is -3.54. The summed E-state index contributed by atoms with van der Waals surface area (Å²) in [5, 5.41) is 4.40. The quantitative estimate of drug-likeness (QED) is 0.545. The van der Waals surface area contributed by atoms with Gasteiger partial charge in [-0.2, -0.15) is 4.31 Å². The normalized spacial score (nSPS) is 14.3. The first-order valence-corrected chi connectivity index (χ1v) is 11.7. The fourth-order valence-corrected chi connectivity index (χ4v) is 5.06. The smallest absolute Gasteiger partial charge is 0.269 e. The van der Waals surface area contributed by atoms with Crippen LogP contribution in [-0.2, 0) is 14.8 Å². The van der Waals surface area contributed by atoms with Gasteiger partial charge in [-0.3, -0.25) is 25.2 Å². The summed E-state index contributed by atoms with van der Waals surface area (Å²) in [6, 6.07) is 8.99. The van der Waals surface area contributed by atoms with Crippen LogP contribution in [0.15, 0.2) is 46.7 Å². The predicted octanol–water partition coefficient (Wildman–Crippen LogP) is 1.11. The van der Waals surface area contributed by atoms with E-state index in [0.29, 0.717) is 18.0 Å². The van der Waals surface area contributed by atoms with Gasteiger partial charge in [0, 0.05) is 31.6 Å². The molecule has 3 N–H and O–H groups in total. The van der Waals surface area contributed by atoms with Crippen LogP contribution in [0.1, 0.15) is 39.3 Å². The van der Waals surface area contributed by atoms with Gasteiger partial charge in [0.15, 0.2) is 0 Å². The largest absolute Gasteiger partial charge is 0.351 e. The number of nitrogens with zero attached hydrogens (tertiary/aromatic N) is 1. The summed E-state index contributed by atoms with van der Waals surface area (Å²) < 4.78 is 26.4. The van der Waals surface area contributed by atoms with E-state index in [0.717, 1.165) is 12.8 Å². The molecule has 0 bridgehead atoms. The fraction of sp³-hybridized carbons (Fsp3) is 0.316. The highest BCUT2D eigenvalue weighted by molar-refractivity contribution is 7.89. The molecular formula is C19H22N4O5S2. The zero-order valence-electron chi connectivity index (χ0n) is 16.1. The zero-order chi connectivity index (χ0) is 21.6. The van der Waals surface area contributed by atoms with Crippen LogP contribution in [0.5, 0.6) is 0 Å². The van der Waals surface area contributed by atoms with Gasteiger partial charge in [-0.25, -0.2) is 8.42 Å². The Balaban J connectivity index is 1.44. The van der Waals surface area contributed by atoms with E-state index < -0.39 is 21.8 Å². The van der Waals surface area contributed by atoms with Crippen molar-refractivity contribution in [2.45, 2.75) is 24.2 Å². The Kier molecular flexibility index (Phi) is 7.19. The molecule has 3 amide bonds. The minimum Gasteiger partial charge on any atom is -0.351 e. The maximum Gasteiger partial charge on any atom is 0.269 e. The molecule has 2 aromatic rings. The van der Waals surface area contributed by atoms with E-state index in [9.17, 15) is 22.8 Å². The molecule has 0 spiro atoms. The molecule has 11 heteroatoms. The molecule has 2 heterocycles. The van der Waals surface area contributed by atoms with Crippen LogP contribution >= 0.6 is 11.3 Å². The lowest BCUT2D eigenvalue weighted by Gasteiger charge is -2.15. The molecule has 0 saturated carbocycles. The number of amides is 3. The Morgan fingerprint density at radius 1 is 0.967 bits per heavy atom. The van der Waals surface area contributed by atoms with Crippen LogP contribution in [0.25, 0.3) is 0 Å². The maximum atomic E-state index is 12.5. The number of carbonyl (C=O) groups is 3. The minimum absolute atomic E-state index is 0.00951. The molecule has 1 saturated heterocycles. The van der Waals surface area contributed by atoms with Crippen molar-refractivity contribution in [2.75, 3.05) is 19.6 Å². The van der Waals surface area contributed by atoms with E-state index in [4.69, 9.17) is 0 Å². The van der Waals surface area contributed by atoms with E-state index in [1.165, 1.54) is 39.9 Å². The molecule has 30 heavy (non-hydrogen) atoms. The van der Waals surface area contributed by atoms with Crippen LogP contribution in [0, 0.1) is 0 Å². The van der Waals surface area contributed by atoms with E-state index in [2.05, 4.69) is 16.2 Å². The van der Waals surface area contributed by atoms with Gasteiger partial charge in [-0.1, -0.05) is 6.07 Å². The van der Waals surface area contributed by atoms with Crippen LogP contribution in [0.3, 0.4) is 0 Å². The number of benzene rings is 1. The van der Waals surface area contributed by atoms with Gasteiger partial charge in [0.25, 0.3) is 11.8 Å². The van der Waals surface area contributed by atoms with Gasteiger partial charge >= 0.3 is 0 Å². The van der Waals surface area contributed by atoms with Crippen LogP contribution in [0.2, 0.25) is 0 Å². The average Bonchev–Trinajstić information content (AvgIpc) is 3.46. The molecule has 0 atom stereocenters. The Bertz CT molecular complexity index is 998. The van der Waals surface area contributed by atoms with E-state index >= 15 is 0 Å². The Morgan fingerprint density at radius 3 is 2.30 bits per heavy atom. The number of carbonyl (C=O) groups excluding carboxylic acids is 3. The van der Waals surface area contributed by atoms with Gasteiger partial charge in [0.2, 0.25) is 15.9 Å². The lowest BCUT2D eigenvalue weighted by molar-refractivity contribution is -0.121. The van der Waals surface area contributed by atoms with Crippen molar-refractivity contribution in [2.24, 2.45) is 0 Å².